The van der Waals surface area contributed by atoms with E-state index in [0.717, 1.165) is 4.47 Å². The number of methoxy groups -OCH3 is 1. The van der Waals surface area contributed by atoms with Gasteiger partial charge in [-0.3, -0.25) is 14.6 Å². The van der Waals surface area contributed by atoms with Gasteiger partial charge in [-0.1, -0.05) is 6.92 Å². The Labute approximate surface area is 120 Å². The number of carbonyl (C=O) groups excluding carboxylic acids is 2. The van der Waals surface area contributed by atoms with E-state index in [1.165, 1.54) is 13.3 Å². The van der Waals surface area contributed by atoms with Gasteiger partial charge >= 0.3 is 5.97 Å². The third kappa shape index (κ3) is 2.94. The average Bonchev–Trinajstić information content (AvgIpc) is 2.79. The molecule has 1 saturated heterocycles. The molecule has 0 saturated carbocycles. The highest BCUT2D eigenvalue weighted by atomic mass is 79.9. The molecule has 0 N–H and O–H groups in total. The number of ether oxygens (including phenoxy) is 1. The van der Waals surface area contributed by atoms with E-state index in [2.05, 4.69) is 20.9 Å². The number of halogens is 1. The first-order chi connectivity index (χ1) is 9.02. The van der Waals surface area contributed by atoms with Crippen LogP contribution in [0.3, 0.4) is 0 Å². The lowest BCUT2D eigenvalue weighted by molar-refractivity contribution is -0.146. The number of amides is 1. The summed E-state index contributed by atoms with van der Waals surface area (Å²) in [5.41, 5.74) is 0.520. The van der Waals surface area contributed by atoms with E-state index < -0.39 is 0 Å². The van der Waals surface area contributed by atoms with Crippen molar-refractivity contribution in [1.82, 2.24) is 9.88 Å². The lowest BCUT2D eigenvalue weighted by atomic mass is 9.99. The van der Waals surface area contributed by atoms with Crippen LogP contribution in [0.5, 0.6) is 0 Å². The first-order valence-electron chi connectivity index (χ1n) is 6.00. The van der Waals surface area contributed by atoms with E-state index in [4.69, 9.17) is 4.74 Å². The maximum atomic E-state index is 12.3. The molecule has 2 atom stereocenters. The van der Waals surface area contributed by atoms with E-state index in [-0.39, 0.29) is 23.7 Å². The lowest BCUT2D eigenvalue weighted by Crippen LogP contribution is -2.30. The zero-order valence-corrected chi connectivity index (χ0v) is 12.4. The number of hydrogen-bond acceptors (Lipinski definition) is 4. The third-order valence-corrected chi connectivity index (χ3v) is 3.79. The van der Waals surface area contributed by atoms with Crippen LogP contribution in [0.2, 0.25) is 0 Å². The monoisotopic (exact) mass is 326 g/mol. The first kappa shape index (κ1) is 14.0. The van der Waals surface area contributed by atoms with Crippen LogP contribution in [0.15, 0.2) is 22.9 Å². The van der Waals surface area contributed by atoms with Crippen LogP contribution in [0.4, 0.5) is 0 Å². The highest BCUT2D eigenvalue weighted by Crippen LogP contribution is 2.25. The number of esters is 1. The van der Waals surface area contributed by atoms with Gasteiger partial charge in [0.25, 0.3) is 5.91 Å². The standard InChI is InChI=1S/C13H15BrN2O3/c1-8-6-16(7-11(8)13(18)19-2)12(17)9-3-10(14)5-15-4-9/h3-5,8,11H,6-7H2,1-2H3. The van der Waals surface area contributed by atoms with Crippen molar-refractivity contribution < 1.29 is 14.3 Å². The fourth-order valence-electron chi connectivity index (χ4n) is 2.30. The van der Waals surface area contributed by atoms with E-state index >= 15 is 0 Å². The zero-order valence-electron chi connectivity index (χ0n) is 10.8. The minimum absolute atomic E-state index is 0.105. The summed E-state index contributed by atoms with van der Waals surface area (Å²) in [4.78, 5) is 29.6. The SMILES string of the molecule is COC(=O)C1CN(C(=O)c2cncc(Br)c2)CC1C. The van der Waals surface area contributed by atoms with E-state index in [0.29, 0.717) is 18.7 Å². The van der Waals surface area contributed by atoms with Crippen LogP contribution >= 0.6 is 15.9 Å². The van der Waals surface area contributed by atoms with Gasteiger partial charge in [-0.2, -0.15) is 0 Å². The molecule has 5 nitrogen and oxygen atoms in total. The van der Waals surface area contributed by atoms with E-state index in [9.17, 15) is 9.59 Å². The van der Waals surface area contributed by atoms with Crippen molar-refractivity contribution in [1.29, 1.82) is 0 Å². The second-order valence-electron chi connectivity index (χ2n) is 4.71. The summed E-state index contributed by atoms with van der Waals surface area (Å²) < 4.78 is 5.52. The zero-order chi connectivity index (χ0) is 14.0. The summed E-state index contributed by atoms with van der Waals surface area (Å²) in [6.07, 6.45) is 3.16. The summed E-state index contributed by atoms with van der Waals surface area (Å²) in [6, 6.07) is 1.73. The topological polar surface area (TPSA) is 59.5 Å². The molecule has 2 heterocycles. The minimum Gasteiger partial charge on any atom is -0.469 e. The Bertz CT molecular complexity index is 506. The Kier molecular flexibility index (Phi) is 4.19. The van der Waals surface area contributed by atoms with Gasteiger partial charge in [-0.25, -0.2) is 0 Å². The smallest absolute Gasteiger partial charge is 0.310 e. The molecular formula is C13H15BrN2O3. The van der Waals surface area contributed by atoms with Gasteiger partial charge < -0.3 is 9.64 Å². The molecule has 0 spiro atoms. The Balaban J connectivity index is 2.12. The molecule has 19 heavy (non-hydrogen) atoms. The minimum atomic E-state index is -0.254. The van der Waals surface area contributed by atoms with Crippen LogP contribution in [0.25, 0.3) is 0 Å². The van der Waals surface area contributed by atoms with E-state index in [1.54, 1.807) is 17.2 Å². The van der Waals surface area contributed by atoms with Crippen molar-refractivity contribution in [3.05, 3.63) is 28.5 Å². The van der Waals surface area contributed by atoms with Gasteiger partial charge in [-0.05, 0) is 27.9 Å². The van der Waals surface area contributed by atoms with Gasteiger partial charge in [0, 0.05) is 30.0 Å². The Morgan fingerprint density at radius 3 is 2.79 bits per heavy atom. The molecule has 102 valence electrons. The molecule has 1 aliphatic rings. The third-order valence-electron chi connectivity index (χ3n) is 3.36. The molecule has 1 aliphatic heterocycles. The second-order valence-corrected chi connectivity index (χ2v) is 5.62. The maximum Gasteiger partial charge on any atom is 0.310 e. The molecule has 0 bridgehead atoms. The normalized spacial score (nSPS) is 22.4. The molecule has 0 radical (unpaired) electrons. The van der Waals surface area contributed by atoms with Crippen molar-refractivity contribution in [2.45, 2.75) is 6.92 Å². The number of likely N-dealkylation sites (tertiary alicyclic amines) is 1. The van der Waals surface area contributed by atoms with Gasteiger partial charge in [-0.15, -0.1) is 0 Å². The van der Waals surface area contributed by atoms with Crippen LogP contribution in [0, 0.1) is 11.8 Å². The molecule has 1 amide bonds. The summed E-state index contributed by atoms with van der Waals surface area (Å²) in [5.74, 6) is -0.493. The molecule has 1 aromatic rings. The van der Waals surface area contributed by atoms with Crippen LogP contribution in [-0.2, 0) is 9.53 Å². The van der Waals surface area contributed by atoms with Crippen LogP contribution < -0.4 is 0 Å². The summed E-state index contributed by atoms with van der Waals surface area (Å²) in [5, 5.41) is 0. The Hall–Kier alpha value is -1.43. The second kappa shape index (κ2) is 5.69. The van der Waals surface area contributed by atoms with Gasteiger partial charge in [0.1, 0.15) is 0 Å². The molecule has 0 aromatic carbocycles. The number of aromatic nitrogens is 1. The number of pyridine rings is 1. The van der Waals surface area contributed by atoms with Crippen molar-refractivity contribution in [3.63, 3.8) is 0 Å². The van der Waals surface area contributed by atoms with Gasteiger partial charge in [0.05, 0.1) is 18.6 Å². The van der Waals surface area contributed by atoms with E-state index in [1.807, 2.05) is 6.92 Å². The molecule has 1 aromatic heterocycles. The average molecular weight is 327 g/mol. The largest absolute Gasteiger partial charge is 0.469 e. The molecular weight excluding hydrogens is 312 g/mol. The summed E-state index contributed by atoms with van der Waals surface area (Å²) in [6.45, 7) is 2.92. The highest BCUT2D eigenvalue weighted by molar-refractivity contribution is 9.10. The lowest BCUT2D eigenvalue weighted by Gasteiger charge is -2.15. The summed E-state index contributed by atoms with van der Waals surface area (Å²) >= 11 is 3.29. The summed E-state index contributed by atoms with van der Waals surface area (Å²) in [7, 11) is 1.37. The van der Waals surface area contributed by atoms with Crippen molar-refractivity contribution in [2.24, 2.45) is 11.8 Å². The van der Waals surface area contributed by atoms with Crippen LogP contribution in [-0.4, -0.2) is 42.0 Å². The molecule has 2 rings (SSSR count). The number of rotatable bonds is 2. The Morgan fingerprint density at radius 1 is 1.42 bits per heavy atom. The number of carbonyl (C=O) groups is 2. The maximum absolute atomic E-state index is 12.3. The van der Waals surface area contributed by atoms with Crippen LogP contribution in [0.1, 0.15) is 17.3 Å². The van der Waals surface area contributed by atoms with Crippen molar-refractivity contribution >= 4 is 27.8 Å². The quantitative estimate of drug-likeness (QED) is 0.776. The van der Waals surface area contributed by atoms with Gasteiger partial charge in [0.15, 0.2) is 0 Å². The fraction of sp³-hybridized carbons (Fsp3) is 0.462. The number of nitrogens with zero attached hydrogens (tertiary/aromatic N) is 2. The molecule has 2 unspecified atom stereocenters. The number of hydrogen-bond donors (Lipinski definition) is 0. The predicted octanol–water partition coefficient (Wildman–Crippen LogP) is 1.73. The fourth-order valence-corrected chi connectivity index (χ4v) is 2.67. The molecule has 6 heteroatoms. The predicted molar refractivity (Wildman–Crippen MR) is 72.5 cm³/mol. The molecule has 0 aliphatic carbocycles. The van der Waals surface area contributed by atoms with Crippen molar-refractivity contribution in [2.75, 3.05) is 20.2 Å². The van der Waals surface area contributed by atoms with Crippen molar-refractivity contribution in [3.8, 4) is 0 Å². The first-order valence-corrected chi connectivity index (χ1v) is 6.80. The van der Waals surface area contributed by atoms with Gasteiger partial charge in [0.2, 0.25) is 0 Å². The Morgan fingerprint density at radius 2 is 2.16 bits per heavy atom. The highest BCUT2D eigenvalue weighted by Gasteiger charge is 2.37. The molecule has 1 fully saturated rings.